The molecule has 0 spiro atoms. The molecule has 94 valence electrons. The van der Waals surface area contributed by atoms with Gasteiger partial charge < -0.3 is 16.2 Å². The summed E-state index contributed by atoms with van der Waals surface area (Å²) in [5.41, 5.74) is 11.8. The number of pyridine rings is 1. The van der Waals surface area contributed by atoms with Gasteiger partial charge in [-0.3, -0.25) is 9.78 Å². The minimum absolute atomic E-state index is 0.124. The average Bonchev–Trinajstić information content (AvgIpc) is 2.31. The molecule has 0 aliphatic rings. The van der Waals surface area contributed by atoms with Crippen molar-refractivity contribution in [2.24, 2.45) is 11.5 Å². The third-order valence-electron chi connectivity index (χ3n) is 2.51. The highest BCUT2D eigenvalue weighted by molar-refractivity contribution is 5.78. The quantitative estimate of drug-likeness (QED) is 0.758. The summed E-state index contributed by atoms with van der Waals surface area (Å²) >= 11 is 0. The van der Waals surface area contributed by atoms with E-state index in [2.05, 4.69) is 4.98 Å². The molecule has 2 unspecified atom stereocenters. The molecule has 17 heavy (non-hydrogen) atoms. The SMILES string of the molecule is CCC(N)Cc1ccc(OC(C)C(N)=O)cn1. The molecule has 0 fully saturated rings. The third kappa shape index (κ3) is 4.40. The smallest absolute Gasteiger partial charge is 0.258 e. The monoisotopic (exact) mass is 237 g/mol. The van der Waals surface area contributed by atoms with Gasteiger partial charge in [-0.05, 0) is 25.5 Å². The summed E-state index contributed by atoms with van der Waals surface area (Å²) in [6.45, 7) is 3.64. The normalized spacial score (nSPS) is 14.1. The van der Waals surface area contributed by atoms with Gasteiger partial charge in [-0.2, -0.15) is 0 Å². The van der Waals surface area contributed by atoms with Crippen LogP contribution in [0.15, 0.2) is 18.3 Å². The lowest BCUT2D eigenvalue weighted by Crippen LogP contribution is -2.30. The van der Waals surface area contributed by atoms with Gasteiger partial charge in [0.15, 0.2) is 6.10 Å². The highest BCUT2D eigenvalue weighted by Crippen LogP contribution is 2.12. The Bertz CT molecular complexity index is 365. The lowest BCUT2D eigenvalue weighted by molar-refractivity contribution is -0.123. The van der Waals surface area contributed by atoms with Crippen LogP contribution in [0.1, 0.15) is 26.0 Å². The Labute approximate surface area is 101 Å². The molecule has 0 aliphatic carbocycles. The van der Waals surface area contributed by atoms with Crippen LogP contribution in [0.5, 0.6) is 5.75 Å². The molecule has 0 saturated heterocycles. The Morgan fingerprint density at radius 1 is 1.53 bits per heavy atom. The fourth-order valence-electron chi connectivity index (χ4n) is 1.28. The number of hydrogen-bond donors (Lipinski definition) is 2. The number of amides is 1. The number of aromatic nitrogens is 1. The van der Waals surface area contributed by atoms with Gasteiger partial charge in [0.2, 0.25) is 0 Å². The van der Waals surface area contributed by atoms with E-state index in [0.717, 1.165) is 18.5 Å². The van der Waals surface area contributed by atoms with E-state index in [9.17, 15) is 4.79 Å². The summed E-state index contributed by atoms with van der Waals surface area (Å²) in [5, 5.41) is 0. The molecular formula is C12H19N3O2. The molecule has 1 heterocycles. The summed E-state index contributed by atoms with van der Waals surface area (Å²) in [4.78, 5) is 15.0. The highest BCUT2D eigenvalue weighted by atomic mass is 16.5. The van der Waals surface area contributed by atoms with Crippen molar-refractivity contribution in [3.63, 3.8) is 0 Å². The van der Waals surface area contributed by atoms with E-state index in [4.69, 9.17) is 16.2 Å². The van der Waals surface area contributed by atoms with Gasteiger partial charge in [0.1, 0.15) is 5.75 Å². The highest BCUT2D eigenvalue weighted by Gasteiger charge is 2.10. The number of ether oxygens (including phenoxy) is 1. The second kappa shape index (κ2) is 6.20. The molecule has 0 radical (unpaired) electrons. The van der Waals surface area contributed by atoms with Crippen molar-refractivity contribution in [2.45, 2.75) is 38.8 Å². The van der Waals surface area contributed by atoms with Crippen molar-refractivity contribution in [1.29, 1.82) is 0 Å². The molecule has 5 nitrogen and oxygen atoms in total. The molecule has 4 N–H and O–H groups in total. The average molecular weight is 237 g/mol. The largest absolute Gasteiger partial charge is 0.479 e. The zero-order valence-electron chi connectivity index (χ0n) is 10.2. The Balaban J connectivity index is 2.58. The lowest BCUT2D eigenvalue weighted by Gasteiger charge is -2.12. The maximum absolute atomic E-state index is 10.8. The van der Waals surface area contributed by atoms with Gasteiger partial charge in [-0.25, -0.2) is 0 Å². The van der Waals surface area contributed by atoms with Gasteiger partial charge >= 0.3 is 0 Å². The standard InChI is InChI=1S/C12H19N3O2/c1-3-9(13)6-10-4-5-11(7-15-10)17-8(2)12(14)16/h4-5,7-9H,3,6,13H2,1-2H3,(H2,14,16). The number of carbonyl (C=O) groups excluding carboxylic acids is 1. The van der Waals surface area contributed by atoms with Crippen LogP contribution in [-0.4, -0.2) is 23.0 Å². The van der Waals surface area contributed by atoms with E-state index >= 15 is 0 Å². The molecule has 1 aromatic heterocycles. The minimum Gasteiger partial charge on any atom is -0.479 e. The predicted molar refractivity (Wildman–Crippen MR) is 65.5 cm³/mol. The van der Waals surface area contributed by atoms with Crippen molar-refractivity contribution in [2.75, 3.05) is 0 Å². The molecule has 2 atom stereocenters. The molecule has 0 aromatic carbocycles. The van der Waals surface area contributed by atoms with E-state index in [1.807, 2.05) is 13.0 Å². The summed E-state index contributed by atoms with van der Waals surface area (Å²) in [6, 6.07) is 3.74. The Kier molecular flexibility index (Phi) is 4.90. The molecule has 1 aromatic rings. The summed E-state index contributed by atoms with van der Waals surface area (Å²) in [6.07, 6.45) is 2.58. The second-order valence-electron chi connectivity index (χ2n) is 4.02. The van der Waals surface area contributed by atoms with Crippen LogP contribution < -0.4 is 16.2 Å². The van der Waals surface area contributed by atoms with E-state index in [1.165, 1.54) is 0 Å². The van der Waals surface area contributed by atoms with Crippen LogP contribution in [0.2, 0.25) is 0 Å². The first-order chi connectivity index (χ1) is 8.02. The van der Waals surface area contributed by atoms with Crippen molar-refractivity contribution in [1.82, 2.24) is 4.98 Å². The predicted octanol–water partition coefficient (Wildman–Crippen LogP) is 0.614. The van der Waals surface area contributed by atoms with Crippen molar-refractivity contribution in [3.8, 4) is 5.75 Å². The number of nitrogens with zero attached hydrogens (tertiary/aromatic N) is 1. The molecule has 0 bridgehead atoms. The van der Waals surface area contributed by atoms with Gasteiger partial charge in [-0.1, -0.05) is 6.92 Å². The summed E-state index contributed by atoms with van der Waals surface area (Å²) in [7, 11) is 0. The molecule has 0 aliphatic heterocycles. The van der Waals surface area contributed by atoms with Crippen LogP contribution in [0.25, 0.3) is 0 Å². The van der Waals surface area contributed by atoms with E-state index in [1.54, 1.807) is 19.2 Å². The maximum atomic E-state index is 10.8. The number of rotatable bonds is 6. The van der Waals surface area contributed by atoms with E-state index in [-0.39, 0.29) is 6.04 Å². The Hall–Kier alpha value is -1.62. The first-order valence-corrected chi connectivity index (χ1v) is 5.69. The molecule has 1 amide bonds. The fraction of sp³-hybridized carbons (Fsp3) is 0.500. The third-order valence-corrected chi connectivity index (χ3v) is 2.51. The van der Waals surface area contributed by atoms with Crippen molar-refractivity contribution < 1.29 is 9.53 Å². The molecule has 5 heteroatoms. The van der Waals surface area contributed by atoms with Crippen molar-refractivity contribution >= 4 is 5.91 Å². The van der Waals surface area contributed by atoms with Gasteiger partial charge in [0, 0.05) is 18.2 Å². The van der Waals surface area contributed by atoms with Gasteiger partial charge in [0.25, 0.3) is 5.91 Å². The van der Waals surface area contributed by atoms with Gasteiger partial charge in [0.05, 0.1) is 6.20 Å². The molecular weight excluding hydrogens is 218 g/mol. The summed E-state index contributed by atoms with van der Waals surface area (Å²) < 4.78 is 5.29. The minimum atomic E-state index is -0.652. The van der Waals surface area contributed by atoms with Gasteiger partial charge in [-0.15, -0.1) is 0 Å². The van der Waals surface area contributed by atoms with E-state index < -0.39 is 12.0 Å². The van der Waals surface area contributed by atoms with Crippen LogP contribution in [0.4, 0.5) is 0 Å². The van der Waals surface area contributed by atoms with Crippen LogP contribution >= 0.6 is 0 Å². The lowest BCUT2D eigenvalue weighted by atomic mass is 10.1. The number of nitrogens with two attached hydrogens (primary N) is 2. The maximum Gasteiger partial charge on any atom is 0.258 e. The second-order valence-corrected chi connectivity index (χ2v) is 4.02. The first-order valence-electron chi connectivity index (χ1n) is 5.69. The number of hydrogen-bond acceptors (Lipinski definition) is 4. The Morgan fingerprint density at radius 2 is 2.24 bits per heavy atom. The number of carbonyl (C=O) groups is 1. The zero-order chi connectivity index (χ0) is 12.8. The van der Waals surface area contributed by atoms with E-state index in [0.29, 0.717) is 5.75 Å². The van der Waals surface area contributed by atoms with Crippen molar-refractivity contribution in [3.05, 3.63) is 24.0 Å². The molecule has 0 saturated carbocycles. The van der Waals surface area contributed by atoms with Crippen LogP contribution in [-0.2, 0) is 11.2 Å². The number of primary amides is 1. The van der Waals surface area contributed by atoms with Crippen LogP contribution in [0, 0.1) is 0 Å². The molecule has 1 rings (SSSR count). The fourth-order valence-corrected chi connectivity index (χ4v) is 1.28. The Morgan fingerprint density at radius 3 is 2.71 bits per heavy atom. The summed E-state index contributed by atoms with van der Waals surface area (Å²) in [5.74, 6) is 0.0344. The zero-order valence-corrected chi connectivity index (χ0v) is 10.2. The topological polar surface area (TPSA) is 91.2 Å². The van der Waals surface area contributed by atoms with Crippen LogP contribution in [0.3, 0.4) is 0 Å². The first kappa shape index (κ1) is 13.4.